The van der Waals surface area contributed by atoms with Crippen molar-refractivity contribution in [1.29, 1.82) is 0 Å². The van der Waals surface area contributed by atoms with Gasteiger partial charge >= 0.3 is 0 Å². The van der Waals surface area contributed by atoms with Crippen molar-refractivity contribution in [2.45, 2.75) is 32.2 Å². The first-order chi connectivity index (χ1) is 10.2. The SMILES string of the molecule is CC(N)C1CCN(c2n[nH]c(Cc3cccnc3)n2)CC1. The Balaban J connectivity index is 1.61. The van der Waals surface area contributed by atoms with Crippen LogP contribution in [0.5, 0.6) is 0 Å². The van der Waals surface area contributed by atoms with Gasteiger partial charge in [-0.05, 0) is 37.3 Å². The molecule has 0 spiro atoms. The van der Waals surface area contributed by atoms with E-state index in [1.807, 2.05) is 18.3 Å². The highest BCUT2D eigenvalue weighted by Gasteiger charge is 2.23. The Morgan fingerprint density at radius 2 is 2.24 bits per heavy atom. The number of nitrogens with two attached hydrogens (primary N) is 1. The molecule has 1 aliphatic rings. The molecule has 0 aromatic carbocycles. The van der Waals surface area contributed by atoms with E-state index in [0.29, 0.717) is 5.92 Å². The first-order valence-corrected chi connectivity index (χ1v) is 7.53. The Morgan fingerprint density at radius 1 is 1.43 bits per heavy atom. The second-order valence-corrected chi connectivity index (χ2v) is 5.80. The van der Waals surface area contributed by atoms with E-state index in [-0.39, 0.29) is 6.04 Å². The maximum atomic E-state index is 5.98. The highest BCUT2D eigenvalue weighted by molar-refractivity contribution is 5.30. The normalized spacial score (nSPS) is 17.9. The molecule has 112 valence electrons. The van der Waals surface area contributed by atoms with Crippen molar-refractivity contribution in [2.75, 3.05) is 18.0 Å². The summed E-state index contributed by atoms with van der Waals surface area (Å²) in [5.41, 5.74) is 7.11. The Kier molecular flexibility index (Phi) is 4.15. The van der Waals surface area contributed by atoms with Crippen LogP contribution in [0.25, 0.3) is 0 Å². The van der Waals surface area contributed by atoms with Crippen molar-refractivity contribution in [2.24, 2.45) is 11.7 Å². The van der Waals surface area contributed by atoms with Crippen LogP contribution >= 0.6 is 0 Å². The van der Waals surface area contributed by atoms with E-state index in [9.17, 15) is 0 Å². The molecule has 1 atom stereocenters. The maximum absolute atomic E-state index is 5.98. The van der Waals surface area contributed by atoms with Crippen LogP contribution in [0, 0.1) is 5.92 Å². The fraction of sp³-hybridized carbons (Fsp3) is 0.533. The van der Waals surface area contributed by atoms with Crippen LogP contribution < -0.4 is 10.6 Å². The zero-order valence-corrected chi connectivity index (χ0v) is 12.4. The number of hydrogen-bond acceptors (Lipinski definition) is 5. The van der Waals surface area contributed by atoms with Crippen LogP contribution in [0.3, 0.4) is 0 Å². The first-order valence-electron chi connectivity index (χ1n) is 7.53. The number of rotatable bonds is 4. The minimum Gasteiger partial charge on any atom is -0.340 e. The summed E-state index contributed by atoms with van der Waals surface area (Å²) < 4.78 is 0. The third-order valence-electron chi connectivity index (χ3n) is 4.18. The predicted octanol–water partition coefficient (Wildman–Crippen LogP) is 1.35. The van der Waals surface area contributed by atoms with E-state index < -0.39 is 0 Å². The fourth-order valence-electron chi connectivity index (χ4n) is 2.83. The van der Waals surface area contributed by atoms with Gasteiger partial charge in [0.05, 0.1) is 0 Å². The zero-order chi connectivity index (χ0) is 14.7. The van der Waals surface area contributed by atoms with Crippen LogP contribution in [-0.2, 0) is 6.42 Å². The molecule has 0 radical (unpaired) electrons. The molecule has 0 aliphatic carbocycles. The molecule has 1 unspecified atom stereocenters. The molecule has 1 saturated heterocycles. The molecule has 3 rings (SSSR count). The van der Waals surface area contributed by atoms with Gasteiger partial charge in [0.25, 0.3) is 0 Å². The van der Waals surface area contributed by atoms with Crippen LogP contribution in [-0.4, -0.2) is 39.3 Å². The van der Waals surface area contributed by atoms with Gasteiger partial charge in [0.1, 0.15) is 5.82 Å². The summed E-state index contributed by atoms with van der Waals surface area (Å²) in [5, 5.41) is 7.37. The number of H-pyrrole nitrogens is 1. The van der Waals surface area contributed by atoms with Crippen molar-refractivity contribution in [3.05, 3.63) is 35.9 Å². The molecule has 0 bridgehead atoms. The third-order valence-corrected chi connectivity index (χ3v) is 4.18. The smallest absolute Gasteiger partial charge is 0.244 e. The lowest BCUT2D eigenvalue weighted by Gasteiger charge is -2.32. The minimum absolute atomic E-state index is 0.278. The van der Waals surface area contributed by atoms with Crippen LogP contribution in [0.1, 0.15) is 31.2 Å². The molecule has 6 heteroatoms. The maximum Gasteiger partial charge on any atom is 0.244 e. The van der Waals surface area contributed by atoms with Crippen molar-refractivity contribution in [3.8, 4) is 0 Å². The summed E-state index contributed by atoms with van der Waals surface area (Å²) in [5.74, 6) is 2.30. The average Bonchev–Trinajstić information content (AvgIpc) is 2.97. The molecule has 1 aliphatic heterocycles. The monoisotopic (exact) mass is 286 g/mol. The third kappa shape index (κ3) is 3.39. The summed E-state index contributed by atoms with van der Waals surface area (Å²) in [7, 11) is 0. The molecule has 0 amide bonds. The van der Waals surface area contributed by atoms with Crippen LogP contribution in [0.15, 0.2) is 24.5 Å². The number of hydrogen-bond donors (Lipinski definition) is 2. The molecule has 2 aromatic rings. The number of anilines is 1. The Bertz CT molecular complexity index is 557. The molecule has 3 heterocycles. The van der Waals surface area contributed by atoms with Gasteiger partial charge in [-0.2, -0.15) is 4.98 Å². The van der Waals surface area contributed by atoms with Crippen molar-refractivity contribution >= 4 is 5.95 Å². The largest absolute Gasteiger partial charge is 0.340 e. The van der Waals surface area contributed by atoms with E-state index in [4.69, 9.17) is 5.73 Å². The summed E-state index contributed by atoms with van der Waals surface area (Å²) in [4.78, 5) is 11.0. The topological polar surface area (TPSA) is 83.7 Å². The first kappa shape index (κ1) is 14.0. The lowest BCUT2D eigenvalue weighted by atomic mass is 9.91. The van der Waals surface area contributed by atoms with Gasteiger partial charge in [-0.25, -0.2) is 0 Å². The van der Waals surface area contributed by atoms with E-state index in [2.05, 4.69) is 32.0 Å². The van der Waals surface area contributed by atoms with Crippen LogP contribution in [0.2, 0.25) is 0 Å². The van der Waals surface area contributed by atoms with Gasteiger partial charge in [-0.3, -0.25) is 10.1 Å². The molecular formula is C15H22N6. The van der Waals surface area contributed by atoms with E-state index >= 15 is 0 Å². The second kappa shape index (κ2) is 6.22. The highest BCUT2D eigenvalue weighted by Crippen LogP contribution is 2.22. The number of nitrogens with one attached hydrogen (secondary N) is 1. The second-order valence-electron chi connectivity index (χ2n) is 5.80. The lowest BCUT2D eigenvalue weighted by Crippen LogP contribution is -2.40. The molecule has 3 N–H and O–H groups in total. The minimum atomic E-state index is 0.278. The number of piperidine rings is 1. The van der Waals surface area contributed by atoms with Gasteiger partial charge in [-0.15, -0.1) is 5.10 Å². The lowest BCUT2D eigenvalue weighted by molar-refractivity contribution is 0.352. The standard InChI is InChI=1S/C15H22N6/c1-11(16)13-4-7-21(8-5-13)15-18-14(19-20-15)9-12-3-2-6-17-10-12/h2-3,6,10-11,13H,4-5,7-9,16H2,1H3,(H,18,19,20). The molecule has 6 nitrogen and oxygen atoms in total. The quantitative estimate of drug-likeness (QED) is 0.886. The van der Waals surface area contributed by atoms with Gasteiger partial charge in [-0.1, -0.05) is 6.07 Å². The molecule has 1 fully saturated rings. The van der Waals surface area contributed by atoms with Crippen molar-refractivity contribution in [3.63, 3.8) is 0 Å². The van der Waals surface area contributed by atoms with E-state index in [0.717, 1.165) is 49.7 Å². The molecule has 21 heavy (non-hydrogen) atoms. The number of pyridine rings is 1. The fourth-order valence-corrected chi connectivity index (χ4v) is 2.83. The van der Waals surface area contributed by atoms with Crippen molar-refractivity contribution in [1.82, 2.24) is 20.2 Å². The number of aromatic amines is 1. The molecule has 0 saturated carbocycles. The van der Waals surface area contributed by atoms with E-state index in [1.165, 1.54) is 0 Å². The average molecular weight is 286 g/mol. The number of nitrogens with zero attached hydrogens (tertiary/aromatic N) is 4. The molecule has 2 aromatic heterocycles. The molecular weight excluding hydrogens is 264 g/mol. The van der Waals surface area contributed by atoms with Gasteiger partial charge in [0.15, 0.2) is 0 Å². The zero-order valence-electron chi connectivity index (χ0n) is 12.4. The Morgan fingerprint density at radius 3 is 2.90 bits per heavy atom. The van der Waals surface area contributed by atoms with Gasteiger partial charge < -0.3 is 10.6 Å². The van der Waals surface area contributed by atoms with Gasteiger partial charge in [0.2, 0.25) is 5.95 Å². The summed E-state index contributed by atoms with van der Waals surface area (Å²) in [6, 6.07) is 4.26. The summed E-state index contributed by atoms with van der Waals surface area (Å²) in [6.45, 7) is 4.06. The summed E-state index contributed by atoms with van der Waals surface area (Å²) in [6.07, 6.45) is 6.60. The Labute approximate surface area is 124 Å². The van der Waals surface area contributed by atoms with Gasteiger partial charge in [0, 0.05) is 37.9 Å². The van der Waals surface area contributed by atoms with Crippen molar-refractivity contribution < 1.29 is 0 Å². The number of aromatic nitrogens is 4. The van der Waals surface area contributed by atoms with E-state index in [1.54, 1.807) is 6.20 Å². The predicted molar refractivity (Wildman–Crippen MR) is 82.0 cm³/mol. The van der Waals surface area contributed by atoms with Crippen LogP contribution in [0.4, 0.5) is 5.95 Å². The summed E-state index contributed by atoms with van der Waals surface area (Å²) >= 11 is 0. The Hall–Kier alpha value is -1.95. The highest BCUT2D eigenvalue weighted by atomic mass is 15.4.